The average Bonchev–Trinajstić information content (AvgIpc) is 2.53. The summed E-state index contributed by atoms with van der Waals surface area (Å²) in [6.45, 7) is 2.06. The molecule has 0 fully saturated rings. The Morgan fingerprint density at radius 3 is 2.30 bits per heavy atom. The molecule has 0 atom stereocenters. The molecule has 0 heterocycles. The summed E-state index contributed by atoms with van der Waals surface area (Å²) in [4.78, 5) is 11.0. The Morgan fingerprint density at radius 2 is 1.74 bits per heavy atom. The van der Waals surface area contributed by atoms with Crippen LogP contribution in [-0.4, -0.2) is 20.1 Å². The number of anilines is 2. The first-order valence-corrected chi connectivity index (χ1v) is 7.43. The standard InChI is InChI=1S/C17H19ClN2O3/c1-11(21)20-14-6-4-13(5-7-14)19-10-12-8-15(18)17(23-3)16(9-12)22-2/h4-9,19H,10H2,1-3H3,(H,20,21). The lowest BCUT2D eigenvalue weighted by molar-refractivity contribution is -0.114. The van der Waals surface area contributed by atoms with Gasteiger partial charge in [-0.25, -0.2) is 0 Å². The van der Waals surface area contributed by atoms with E-state index in [1.807, 2.05) is 36.4 Å². The van der Waals surface area contributed by atoms with Crippen LogP contribution in [-0.2, 0) is 11.3 Å². The van der Waals surface area contributed by atoms with Gasteiger partial charge in [-0.1, -0.05) is 11.6 Å². The fraction of sp³-hybridized carbons (Fsp3) is 0.235. The number of benzene rings is 2. The fourth-order valence-corrected chi connectivity index (χ4v) is 2.46. The van der Waals surface area contributed by atoms with Crippen molar-refractivity contribution in [2.45, 2.75) is 13.5 Å². The number of hydrogen-bond donors (Lipinski definition) is 2. The van der Waals surface area contributed by atoms with E-state index in [2.05, 4.69) is 10.6 Å². The maximum atomic E-state index is 11.0. The molecule has 0 radical (unpaired) electrons. The SMILES string of the molecule is COc1cc(CNc2ccc(NC(C)=O)cc2)cc(Cl)c1OC. The van der Waals surface area contributed by atoms with Crippen molar-refractivity contribution in [2.75, 3.05) is 24.9 Å². The van der Waals surface area contributed by atoms with Crippen molar-refractivity contribution < 1.29 is 14.3 Å². The zero-order valence-corrected chi connectivity index (χ0v) is 14.0. The molecule has 2 aromatic rings. The normalized spacial score (nSPS) is 10.1. The van der Waals surface area contributed by atoms with Gasteiger partial charge in [0.25, 0.3) is 0 Å². The smallest absolute Gasteiger partial charge is 0.221 e. The summed E-state index contributed by atoms with van der Waals surface area (Å²) in [6, 6.07) is 11.2. The molecule has 5 nitrogen and oxygen atoms in total. The molecule has 23 heavy (non-hydrogen) atoms. The summed E-state index contributed by atoms with van der Waals surface area (Å²) >= 11 is 6.19. The third-order valence-corrected chi connectivity index (χ3v) is 3.48. The third-order valence-electron chi connectivity index (χ3n) is 3.20. The van der Waals surface area contributed by atoms with Crippen molar-refractivity contribution >= 4 is 28.9 Å². The lowest BCUT2D eigenvalue weighted by Crippen LogP contribution is -2.06. The number of halogens is 1. The number of ether oxygens (including phenoxy) is 2. The Hall–Kier alpha value is -2.40. The van der Waals surface area contributed by atoms with Gasteiger partial charge in [-0.2, -0.15) is 0 Å². The molecule has 122 valence electrons. The van der Waals surface area contributed by atoms with E-state index in [4.69, 9.17) is 21.1 Å². The number of rotatable bonds is 6. The van der Waals surface area contributed by atoms with Gasteiger partial charge in [0.2, 0.25) is 5.91 Å². The Labute approximate surface area is 140 Å². The number of methoxy groups -OCH3 is 2. The van der Waals surface area contributed by atoms with Crippen molar-refractivity contribution in [3.63, 3.8) is 0 Å². The molecule has 0 bridgehead atoms. The Balaban J connectivity index is 2.06. The second-order valence-electron chi connectivity index (χ2n) is 4.93. The van der Waals surface area contributed by atoms with Crippen LogP contribution in [0.2, 0.25) is 5.02 Å². The second kappa shape index (κ2) is 7.74. The monoisotopic (exact) mass is 334 g/mol. The van der Waals surface area contributed by atoms with E-state index in [0.29, 0.717) is 23.1 Å². The highest BCUT2D eigenvalue weighted by atomic mass is 35.5. The molecule has 0 aliphatic heterocycles. The molecule has 6 heteroatoms. The molecule has 0 unspecified atom stereocenters. The number of nitrogens with one attached hydrogen (secondary N) is 2. The van der Waals surface area contributed by atoms with Crippen LogP contribution in [0.5, 0.6) is 11.5 Å². The van der Waals surface area contributed by atoms with Crippen molar-refractivity contribution in [3.8, 4) is 11.5 Å². The predicted octanol–water partition coefficient (Wildman–Crippen LogP) is 3.93. The van der Waals surface area contributed by atoms with Crippen molar-refractivity contribution in [3.05, 3.63) is 47.0 Å². The minimum atomic E-state index is -0.0920. The Kier molecular flexibility index (Phi) is 5.71. The molecule has 0 aromatic heterocycles. The van der Waals surface area contributed by atoms with E-state index in [1.54, 1.807) is 14.2 Å². The van der Waals surface area contributed by atoms with Gasteiger partial charge in [-0.15, -0.1) is 0 Å². The first kappa shape index (κ1) is 17.0. The van der Waals surface area contributed by atoms with Crippen LogP contribution in [0.15, 0.2) is 36.4 Å². The van der Waals surface area contributed by atoms with E-state index in [0.717, 1.165) is 16.9 Å². The number of amides is 1. The Morgan fingerprint density at radius 1 is 1.09 bits per heavy atom. The number of hydrogen-bond acceptors (Lipinski definition) is 4. The van der Waals surface area contributed by atoms with E-state index in [9.17, 15) is 4.79 Å². The molecular formula is C17H19ClN2O3. The van der Waals surface area contributed by atoms with E-state index < -0.39 is 0 Å². The quantitative estimate of drug-likeness (QED) is 0.840. The summed E-state index contributed by atoms with van der Waals surface area (Å²) < 4.78 is 10.5. The van der Waals surface area contributed by atoms with Gasteiger partial charge in [0.05, 0.1) is 19.2 Å². The van der Waals surface area contributed by atoms with Gasteiger partial charge in [0.1, 0.15) is 0 Å². The molecule has 0 aliphatic carbocycles. The highest BCUT2D eigenvalue weighted by Crippen LogP contribution is 2.36. The predicted molar refractivity (Wildman–Crippen MR) is 92.6 cm³/mol. The average molecular weight is 335 g/mol. The summed E-state index contributed by atoms with van der Waals surface area (Å²) in [5.74, 6) is 1.03. The molecule has 0 spiro atoms. The van der Waals surface area contributed by atoms with E-state index in [1.165, 1.54) is 6.92 Å². The highest BCUT2D eigenvalue weighted by Gasteiger charge is 2.10. The largest absolute Gasteiger partial charge is 0.493 e. The molecule has 2 N–H and O–H groups in total. The first-order valence-electron chi connectivity index (χ1n) is 7.05. The second-order valence-corrected chi connectivity index (χ2v) is 5.33. The lowest BCUT2D eigenvalue weighted by Gasteiger charge is -2.13. The van der Waals surface area contributed by atoms with Gasteiger partial charge in [-0.3, -0.25) is 4.79 Å². The summed E-state index contributed by atoms with van der Waals surface area (Å²) in [7, 11) is 3.13. The maximum Gasteiger partial charge on any atom is 0.221 e. The number of carbonyl (C=O) groups excluding carboxylic acids is 1. The topological polar surface area (TPSA) is 59.6 Å². The maximum absolute atomic E-state index is 11.0. The molecule has 1 amide bonds. The zero-order chi connectivity index (χ0) is 16.8. The Bertz CT molecular complexity index is 687. The molecule has 0 saturated carbocycles. The molecule has 2 aromatic carbocycles. The van der Waals surface area contributed by atoms with Gasteiger partial charge in [0.15, 0.2) is 11.5 Å². The molecule has 2 rings (SSSR count). The minimum Gasteiger partial charge on any atom is -0.493 e. The molecule has 0 aliphatic rings. The van der Waals surface area contributed by atoms with Crippen LogP contribution < -0.4 is 20.1 Å². The van der Waals surface area contributed by atoms with Gasteiger partial charge < -0.3 is 20.1 Å². The van der Waals surface area contributed by atoms with E-state index in [-0.39, 0.29) is 5.91 Å². The van der Waals surface area contributed by atoms with Gasteiger partial charge in [0, 0.05) is 24.8 Å². The van der Waals surface area contributed by atoms with Crippen molar-refractivity contribution in [2.24, 2.45) is 0 Å². The van der Waals surface area contributed by atoms with Crippen LogP contribution in [0, 0.1) is 0 Å². The van der Waals surface area contributed by atoms with Crippen LogP contribution in [0.1, 0.15) is 12.5 Å². The van der Waals surface area contributed by atoms with E-state index >= 15 is 0 Å². The number of carbonyl (C=O) groups is 1. The minimum absolute atomic E-state index is 0.0920. The van der Waals surface area contributed by atoms with Crippen LogP contribution in [0.3, 0.4) is 0 Å². The summed E-state index contributed by atoms with van der Waals surface area (Å²) in [6.07, 6.45) is 0. The van der Waals surface area contributed by atoms with Crippen LogP contribution >= 0.6 is 11.6 Å². The van der Waals surface area contributed by atoms with Gasteiger partial charge in [-0.05, 0) is 42.0 Å². The highest BCUT2D eigenvalue weighted by molar-refractivity contribution is 6.32. The lowest BCUT2D eigenvalue weighted by atomic mass is 10.2. The zero-order valence-electron chi connectivity index (χ0n) is 13.3. The molecular weight excluding hydrogens is 316 g/mol. The van der Waals surface area contributed by atoms with Crippen LogP contribution in [0.25, 0.3) is 0 Å². The van der Waals surface area contributed by atoms with Crippen molar-refractivity contribution in [1.29, 1.82) is 0 Å². The summed E-state index contributed by atoms with van der Waals surface area (Å²) in [5, 5.41) is 6.52. The van der Waals surface area contributed by atoms with Crippen molar-refractivity contribution in [1.82, 2.24) is 0 Å². The van der Waals surface area contributed by atoms with Crippen LogP contribution in [0.4, 0.5) is 11.4 Å². The fourth-order valence-electron chi connectivity index (χ4n) is 2.15. The van der Waals surface area contributed by atoms with Gasteiger partial charge >= 0.3 is 0 Å². The molecule has 0 saturated heterocycles. The first-order chi connectivity index (χ1) is 11.0. The third kappa shape index (κ3) is 4.53. The summed E-state index contributed by atoms with van der Waals surface area (Å²) in [5.41, 5.74) is 2.67.